The van der Waals surface area contributed by atoms with Crippen LogP contribution in [-0.2, 0) is 4.79 Å². The number of carbonyl (C=O) groups is 2. The number of nitrogens with one attached hydrogen (secondary N) is 1. The summed E-state index contributed by atoms with van der Waals surface area (Å²) in [4.78, 5) is 29.2. The molecule has 2 heterocycles. The van der Waals surface area contributed by atoms with Gasteiger partial charge in [-0.2, -0.15) is 0 Å². The average Bonchev–Trinajstić information content (AvgIpc) is 3.62. The van der Waals surface area contributed by atoms with E-state index >= 15 is 0 Å². The molecule has 1 aromatic heterocycles. The van der Waals surface area contributed by atoms with Crippen molar-refractivity contribution in [1.82, 2.24) is 5.32 Å². The lowest BCUT2D eigenvalue weighted by atomic mass is 10.0. The molecule has 188 valence electrons. The minimum Gasteiger partial charge on any atom is -0.494 e. The summed E-state index contributed by atoms with van der Waals surface area (Å²) in [7, 11) is 0. The van der Waals surface area contributed by atoms with Crippen LogP contribution in [0.15, 0.2) is 65.3 Å². The Morgan fingerprint density at radius 2 is 1.78 bits per heavy atom. The minimum absolute atomic E-state index is 0.0866. The topological polar surface area (TPSA) is 90.2 Å². The van der Waals surface area contributed by atoms with Crippen LogP contribution in [0.2, 0.25) is 0 Å². The molecule has 0 bridgehead atoms. The SMILES string of the molecule is CCOc1ccc([C@H](C(=O)NC2CCCC2)N(C(=O)c2ccco2)c2ccc3c(c2)OCCO3)cc1. The summed E-state index contributed by atoms with van der Waals surface area (Å²) in [5.41, 5.74) is 1.16. The van der Waals surface area contributed by atoms with Gasteiger partial charge in [-0.25, -0.2) is 0 Å². The number of furan rings is 1. The molecular weight excluding hydrogens is 460 g/mol. The van der Waals surface area contributed by atoms with Gasteiger partial charge in [0, 0.05) is 17.8 Å². The number of fused-ring (bicyclic) bond motifs is 1. The second-order valence-electron chi connectivity index (χ2n) is 8.87. The molecule has 0 unspecified atom stereocenters. The lowest BCUT2D eigenvalue weighted by molar-refractivity contribution is -0.123. The predicted molar refractivity (Wildman–Crippen MR) is 134 cm³/mol. The first-order valence-corrected chi connectivity index (χ1v) is 12.4. The van der Waals surface area contributed by atoms with E-state index in [0.29, 0.717) is 48.3 Å². The quantitative estimate of drug-likeness (QED) is 0.483. The Hall–Kier alpha value is -3.94. The largest absolute Gasteiger partial charge is 0.494 e. The molecule has 1 saturated carbocycles. The summed E-state index contributed by atoms with van der Waals surface area (Å²) < 4.78 is 22.5. The second-order valence-corrected chi connectivity index (χ2v) is 8.87. The number of nitrogens with zero attached hydrogens (tertiary/aromatic N) is 1. The van der Waals surface area contributed by atoms with Gasteiger partial charge >= 0.3 is 0 Å². The Morgan fingerprint density at radius 1 is 1.03 bits per heavy atom. The van der Waals surface area contributed by atoms with E-state index in [9.17, 15) is 9.59 Å². The maximum atomic E-state index is 13.9. The molecular formula is C28H30N2O6. The molecule has 1 N–H and O–H groups in total. The van der Waals surface area contributed by atoms with Crippen LogP contribution in [0.1, 0.15) is 54.8 Å². The van der Waals surface area contributed by atoms with Crippen LogP contribution >= 0.6 is 0 Å². The smallest absolute Gasteiger partial charge is 0.294 e. The van der Waals surface area contributed by atoms with Crippen molar-refractivity contribution < 1.29 is 28.2 Å². The molecule has 2 amide bonds. The number of carbonyl (C=O) groups excluding carboxylic acids is 2. The van der Waals surface area contributed by atoms with E-state index in [1.807, 2.05) is 31.2 Å². The number of benzene rings is 2. The standard InChI is InChI=1S/C28H30N2O6/c1-2-33-22-12-9-19(10-13-22)26(27(31)29-20-6-3-4-7-20)30(28(32)24-8-5-15-34-24)21-11-14-23-25(18-21)36-17-16-35-23/h5,8-15,18,20,26H,2-4,6-7,16-17H2,1H3,(H,29,31)/t26-/m1/s1. The summed E-state index contributed by atoms with van der Waals surface area (Å²) in [5, 5.41) is 3.18. The number of ether oxygens (including phenoxy) is 3. The zero-order valence-corrected chi connectivity index (χ0v) is 20.3. The van der Waals surface area contributed by atoms with E-state index in [-0.39, 0.29) is 17.7 Å². The van der Waals surface area contributed by atoms with E-state index < -0.39 is 11.9 Å². The molecule has 0 radical (unpaired) electrons. The highest BCUT2D eigenvalue weighted by Crippen LogP contribution is 2.38. The molecule has 1 atom stereocenters. The molecule has 2 aliphatic rings. The highest BCUT2D eigenvalue weighted by molar-refractivity contribution is 6.08. The molecule has 1 aliphatic carbocycles. The van der Waals surface area contributed by atoms with Crippen LogP contribution in [0.3, 0.4) is 0 Å². The normalized spacial score (nSPS) is 15.8. The van der Waals surface area contributed by atoms with Crippen molar-refractivity contribution in [2.45, 2.75) is 44.7 Å². The van der Waals surface area contributed by atoms with Gasteiger partial charge in [0.25, 0.3) is 5.91 Å². The summed E-state index contributed by atoms with van der Waals surface area (Å²) in [6.07, 6.45) is 5.46. The summed E-state index contributed by atoms with van der Waals surface area (Å²) >= 11 is 0. The lowest BCUT2D eigenvalue weighted by Gasteiger charge is -2.32. The van der Waals surface area contributed by atoms with Crippen molar-refractivity contribution in [3.63, 3.8) is 0 Å². The van der Waals surface area contributed by atoms with Crippen LogP contribution in [0.4, 0.5) is 5.69 Å². The van der Waals surface area contributed by atoms with Crippen LogP contribution in [-0.4, -0.2) is 37.7 Å². The summed E-state index contributed by atoms with van der Waals surface area (Å²) in [6, 6.07) is 14.9. The number of hydrogen-bond donors (Lipinski definition) is 1. The van der Waals surface area contributed by atoms with Gasteiger partial charge in [0.05, 0.1) is 12.9 Å². The number of anilines is 1. The molecule has 3 aromatic rings. The third-order valence-corrected chi connectivity index (χ3v) is 6.47. The second kappa shape index (κ2) is 10.8. The van der Waals surface area contributed by atoms with Gasteiger partial charge in [0.15, 0.2) is 17.3 Å². The van der Waals surface area contributed by atoms with E-state index in [4.69, 9.17) is 18.6 Å². The molecule has 8 heteroatoms. The summed E-state index contributed by atoms with van der Waals surface area (Å²) in [5.74, 6) is 1.27. The Bertz CT molecular complexity index is 1190. The maximum absolute atomic E-state index is 13.9. The van der Waals surface area contributed by atoms with Gasteiger partial charge < -0.3 is 23.9 Å². The van der Waals surface area contributed by atoms with Crippen molar-refractivity contribution in [3.8, 4) is 17.2 Å². The number of amides is 2. The first kappa shape index (κ1) is 23.8. The Kier molecular flexibility index (Phi) is 7.11. The van der Waals surface area contributed by atoms with Gasteiger partial charge in [-0.1, -0.05) is 25.0 Å². The monoisotopic (exact) mass is 490 g/mol. The average molecular weight is 491 g/mol. The van der Waals surface area contributed by atoms with Gasteiger partial charge in [-0.15, -0.1) is 0 Å². The molecule has 0 saturated heterocycles. The van der Waals surface area contributed by atoms with Gasteiger partial charge in [-0.05, 0) is 61.7 Å². The molecule has 1 aliphatic heterocycles. The van der Waals surface area contributed by atoms with Crippen LogP contribution in [0, 0.1) is 0 Å². The van der Waals surface area contributed by atoms with Crippen LogP contribution in [0.25, 0.3) is 0 Å². The highest BCUT2D eigenvalue weighted by atomic mass is 16.6. The molecule has 1 fully saturated rings. The molecule has 8 nitrogen and oxygen atoms in total. The predicted octanol–water partition coefficient (Wildman–Crippen LogP) is 4.90. The van der Waals surface area contributed by atoms with Crippen LogP contribution < -0.4 is 24.4 Å². The molecule has 0 spiro atoms. The Morgan fingerprint density at radius 3 is 2.47 bits per heavy atom. The van der Waals surface area contributed by atoms with E-state index in [2.05, 4.69) is 5.32 Å². The summed E-state index contributed by atoms with van der Waals surface area (Å²) in [6.45, 7) is 3.32. The third-order valence-electron chi connectivity index (χ3n) is 6.47. The van der Waals surface area contributed by atoms with Crippen molar-refractivity contribution >= 4 is 17.5 Å². The minimum atomic E-state index is -0.943. The van der Waals surface area contributed by atoms with E-state index in [1.54, 1.807) is 30.3 Å². The van der Waals surface area contributed by atoms with Crippen LogP contribution in [0.5, 0.6) is 17.2 Å². The highest BCUT2D eigenvalue weighted by Gasteiger charge is 2.36. The van der Waals surface area contributed by atoms with Crippen molar-refractivity contribution in [1.29, 1.82) is 0 Å². The Balaban J connectivity index is 1.59. The molecule has 36 heavy (non-hydrogen) atoms. The fourth-order valence-electron chi connectivity index (χ4n) is 4.77. The van der Waals surface area contributed by atoms with Crippen molar-refractivity contribution in [2.75, 3.05) is 24.7 Å². The fourth-order valence-corrected chi connectivity index (χ4v) is 4.77. The van der Waals surface area contributed by atoms with Crippen molar-refractivity contribution in [3.05, 3.63) is 72.2 Å². The van der Waals surface area contributed by atoms with Gasteiger partial charge in [-0.3, -0.25) is 14.5 Å². The van der Waals surface area contributed by atoms with E-state index in [1.165, 1.54) is 11.2 Å². The zero-order valence-electron chi connectivity index (χ0n) is 20.3. The van der Waals surface area contributed by atoms with Crippen molar-refractivity contribution in [2.24, 2.45) is 0 Å². The first-order valence-electron chi connectivity index (χ1n) is 12.4. The zero-order chi connectivity index (χ0) is 24.9. The number of hydrogen-bond acceptors (Lipinski definition) is 6. The Labute approximate surface area is 210 Å². The van der Waals surface area contributed by atoms with Gasteiger partial charge in [0.2, 0.25) is 5.91 Å². The van der Waals surface area contributed by atoms with E-state index in [0.717, 1.165) is 25.7 Å². The number of rotatable bonds is 8. The maximum Gasteiger partial charge on any atom is 0.294 e. The fraction of sp³-hybridized carbons (Fsp3) is 0.357. The van der Waals surface area contributed by atoms with Gasteiger partial charge in [0.1, 0.15) is 25.0 Å². The first-order chi connectivity index (χ1) is 17.6. The third kappa shape index (κ3) is 5.03. The molecule has 5 rings (SSSR count). The molecule has 2 aromatic carbocycles. The lowest BCUT2D eigenvalue weighted by Crippen LogP contribution is -2.46.